The minimum Gasteiger partial charge on any atom is -0.396 e. The first-order chi connectivity index (χ1) is 10.3. The Kier molecular flexibility index (Phi) is 7.16. The zero-order valence-corrected chi connectivity index (χ0v) is 13.4. The fraction of sp³-hybridized carbons (Fsp3) is 0.875. The fourth-order valence-electron chi connectivity index (χ4n) is 3.05. The molecule has 1 aliphatic heterocycles. The van der Waals surface area contributed by atoms with Gasteiger partial charge in [-0.05, 0) is 57.7 Å². The van der Waals surface area contributed by atoms with E-state index in [1.165, 1.54) is 51.7 Å². The molecule has 0 bridgehead atoms. The van der Waals surface area contributed by atoms with Gasteiger partial charge < -0.3 is 10.0 Å². The van der Waals surface area contributed by atoms with Gasteiger partial charge in [0.05, 0.1) is 5.69 Å². The third-order valence-corrected chi connectivity index (χ3v) is 4.41. The van der Waals surface area contributed by atoms with Gasteiger partial charge in [0.2, 0.25) is 0 Å². The highest BCUT2D eigenvalue weighted by atomic mass is 16.2. The lowest BCUT2D eigenvalue weighted by Crippen LogP contribution is -2.35. The lowest BCUT2D eigenvalue weighted by atomic mass is 9.96. The van der Waals surface area contributed by atoms with Gasteiger partial charge in [-0.1, -0.05) is 25.0 Å². The second-order valence-electron chi connectivity index (χ2n) is 6.25. The molecule has 21 heavy (non-hydrogen) atoms. The maximum absolute atomic E-state index is 8.84. The van der Waals surface area contributed by atoms with Crippen LogP contribution in [-0.2, 0) is 13.0 Å². The van der Waals surface area contributed by atoms with E-state index < -0.39 is 0 Å². The molecule has 0 amide bonds. The summed E-state index contributed by atoms with van der Waals surface area (Å²) in [6.07, 6.45) is 10.2. The quantitative estimate of drug-likeness (QED) is 0.709. The van der Waals surface area contributed by atoms with Crippen LogP contribution in [0.25, 0.3) is 0 Å². The molecule has 0 radical (unpaired) electrons. The van der Waals surface area contributed by atoms with Crippen LogP contribution in [0.4, 0.5) is 0 Å². The summed E-state index contributed by atoms with van der Waals surface area (Å²) >= 11 is 0. The first kappa shape index (κ1) is 16.4. The van der Waals surface area contributed by atoms with Crippen molar-refractivity contribution < 1.29 is 5.11 Å². The number of aliphatic hydroxyl groups excluding tert-OH is 1. The van der Waals surface area contributed by atoms with Crippen LogP contribution < -0.4 is 0 Å². The highest BCUT2D eigenvalue weighted by Crippen LogP contribution is 2.19. The first-order valence-electron chi connectivity index (χ1n) is 8.54. The molecule has 1 N–H and O–H groups in total. The highest BCUT2D eigenvalue weighted by molar-refractivity contribution is 4.92. The van der Waals surface area contributed by atoms with Crippen molar-refractivity contribution in [3.63, 3.8) is 0 Å². The summed E-state index contributed by atoms with van der Waals surface area (Å²) in [4.78, 5) is 2.61. The van der Waals surface area contributed by atoms with Crippen molar-refractivity contribution >= 4 is 0 Å². The Bertz CT molecular complexity index is 385. The van der Waals surface area contributed by atoms with Crippen LogP contribution in [-0.4, -0.2) is 51.2 Å². The minimum absolute atomic E-state index is 0.226. The molecule has 1 aromatic rings. The van der Waals surface area contributed by atoms with E-state index in [0.29, 0.717) is 0 Å². The van der Waals surface area contributed by atoms with Crippen LogP contribution >= 0.6 is 0 Å². The van der Waals surface area contributed by atoms with E-state index in [2.05, 4.69) is 22.1 Å². The van der Waals surface area contributed by atoms with Crippen LogP contribution in [0, 0.1) is 5.92 Å². The largest absolute Gasteiger partial charge is 0.396 e. The predicted molar refractivity (Wildman–Crippen MR) is 84.1 cm³/mol. The Morgan fingerprint density at radius 2 is 2.05 bits per heavy atom. The zero-order chi connectivity index (χ0) is 14.9. The van der Waals surface area contributed by atoms with Gasteiger partial charge in [-0.15, -0.1) is 5.10 Å². The number of aryl methyl sites for hydroxylation is 1. The van der Waals surface area contributed by atoms with Crippen LogP contribution in [0.2, 0.25) is 0 Å². The number of likely N-dealkylation sites (tertiary alicyclic amines) is 1. The summed E-state index contributed by atoms with van der Waals surface area (Å²) in [5.41, 5.74) is 1.00. The lowest BCUT2D eigenvalue weighted by Gasteiger charge is -2.31. The molecule has 0 saturated carbocycles. The zero-order valence-electron chi connectivity index (χ0n) is 13.4. The summed E-state index contributed by atoms with van der Waals surface area (Å²) in [7, 11) is 0. The highest BCUT2D eigenvalue weighted by Gasteiger charge is 2.19. The van der Waals surface area contributed by atoms with Crippen LogP contribution in [0.5, 0.6) is 0 Å². The lowest BCUT2D eigenvalue weighted by molar-refractivity contribution is 0.168. The molecular formula is C16H30N4O. The molecule has 5 heteroatoms. The number of aliphatic hydroxyl groups is 1. The van der Waals surface area contributed by atoms with Gasteiger partial charge in [0.1, 0.15) is 0 Å². The third-order valence-electron chi connectivity index (χ3n) is 4.41. The second kappa shape index (κ2) is 9.15. The van der Waals surface area contributed by atoms with Gasteiger partial charge in [-0.2, -0.15) is 0 Å². The summed E-state index contributed by atoms with van der Waals surface area (Å²) in [6.45, 7) is 7.23. The number of aromatic nitrogens is 3. The van der Waals surface area contributed by atoms with Crippen molar-refractivity contribution in [2.24, 2.45) is 5.92 Å². The van der Waals surface area contributed by atoms with Crippen molar-refractivity contribution in [2.45, 2.75) is 58.4 Å². The van der Waals surface area contributed by atoms with E-state index >= 15 is 0 Å². The molecule has 0 aromatic carbocycles. The molecule has 0 atom stereocenters. The molecule has 1 saturated heterocycles. The van der Waals surface area contributed by atoms with Gasteiger partial charge in [0.15, 0.2) is 0 Å². The molecule has 1 aromatic heterocycles. The molecule has 0 aliphatic carbocycles. The summed E-state index contributed by atoms with van der Waals surface area (Å²) in [5, 5.41) is 17.2. The molecule has 0 spiro atoms. The average Bonchev–Trinajstić information content (AvgIpc) is 2.95. The first-order valence-corrected chi connectivity index (χ1v) is 8.54. The monoisotopic (exact) mass is 294 g/mol. The van der Waals surface area contributed by atoms with Gasteiger partial charge in [0.25, 0.3) is 0 Å². The number of hydrogen-bond donors (Lipinski definition) is 1. The van der Waals surface area contributed by atoms with Gasteiger partial charge in [-0.3, -0.25) is 4.68 Å². The predicted octanol–water partition coefficient (Wildman–Crippen LogP) is 2.11. The Labute approximate surface area is 128 Å². The SMILES string of the molecule is CCCCCN1CCC(Cn2cc(CCCO)nn2)CC1. The van der Waals surface area contributed by atoms with Crippen LogP contribution in [0.15, 0.2) is 6.20 Å². The summed E-state index contributed by atoms with van der Waals surface area (Å²) in [6, 6.07) is 0. The number of piperidine rings is 1. The molecule has 1 aliphatic rings. The smallest absolute Gasteiger partial charge is 0.0828 e. The number of nitrogens with zero attached hydrogens (tertiary/aromatic N) is 4. The normalized spacial score (nSPS) is 17.4. The van der Waals surface area contributed by atoms with E-state index in [-0.39, 0.29) is 6.61 Å². The van der Waals surface area contributed by atoms with Crippen molar-refractivity contribution in [3.05, 3.63) is 11.9 Å². The topological polar surface area (TPSA) is 54.2 Å². The Morgan fingerprint density at radius 1 is 1.24 bits per heavy atom. The average molecular weight is 294 g/mol. The van der Waals surface area contributed by atoms with Crippen molar-refractivity contribution in [1.82, 2.24) is 19.9 Å². The molecule has 1 fully saturated rings. The van der Waals surface area contributed by atoms with Crippen molar-refractivity contribution in [3.8, 4) is 0 Å². The molecule has 2 rings (SSSR count). The molecule has 2 heterocycles. The number of rotatable bonds is 9. The van der Waals surface area contributed by atoms with E-state index in [9.17, 15) is 0 Å². The van der Waals surface area contributed by atoms with Crippen LogP contribution in [0.1, 0.15) is 51.1 Å². The summed E-state index contributed by atoms with van der Waals surface area (Å²) < 4.78 is 1.99. The molecule has 120 valence electrons. The Morgan fingerprint density at radius 3 is 2.76 bits per heavy atom. The Balaban J connectivity index is 1.67. The maximum atomic E-state index is 8.84. The van der Waals surface area contributed by atoms with Gasteiger partial charge >= 0.3 is 0 Å². The minimum atomic E-state index is 0.226. The van der Waals surface area contributed by atoms with Crippen molar-refractivity contribution in [1.29, 1.82) is 0 Å². The molecule has 5 nitrogen and oxygen atoms in total. The van der Waals surface area contributed by atoms with E-state index in [1.54, 1.807) is 0 Å². The third kappa shape index (κ3) is 5.75. The number of hydrogen-bond acceptors (Lipinski definition) is 4. The van der Waals surface area contributed by atoms with Crippen LogP contribution in [0.3, 0.4) is 0 Å². The molecule has 0 unspecified atom stereocenters. The maximum Gasteiger partial charge on any atom is 0.0828 e. The standard InChI is InChI=1S/C16H30N4O/c1-2-3-4-9-19-10-7-15(8-11-19)13-20-14-16(17-18-20)6-5-12-21/h14-15,21H,2-13H2,1H3. The van der Waals surface area contributed by atoms with E-state index in [4.69, 9.17) is 5.11 Å². The van der Waals surface area contributed by atoms with E-state index in [1.807, 2.05) is 10.9 Å². The van der Waals surface area contributed by atoms with Gasteiger partial charge in [-0.25, -0.2) is 0 Å². The second-order valence-corrected chi connectivity index (χ2v) is 6.25. The van der Waals surface area contributed by atoms with Gasteiger partial charge in [0, 0.05) is 19.3 Å². The van der Waals surface area contributed by atoms with Crippen molar-refractivity contribution in [2.75, 3.05) is 26.2 Å². The fourth-order valence-corrected chi connectivity index (χ4v) is 3.05. The number of unbranched alkanes of at least 4 members (excludes halogenated alkanes) is 2. The Hall–Kier alpha value is -0.940. The summed E-state index contributed by atoms with van der Waals surface area (Å²) in [5.74, 6) is 0.736. The van der Waals surface area contributed by atoms with E-state index in [0.717, 1.165) is 31.0 Å². The molecular weight excluding hydrogens is 264 g/mol.